The molecule has 2 unspecified atom stereocenters. The van der Waals surface area contributed by atoms with Gasteiger partial charge in [-0.25, -0.2) is 0 Å². The Bertz CT molecular complexity index is 941. The molecule has 3 atom stereocenters. The van der Waals surface area contributed by atoms with Gasteiger partial charge in [0.25, 0.3) is 5.91 Å². The Morgan fingerprint density at radius 1 is 0.969 bits per heavy atom. The Kier molecular flexibility index (Phi) is 6.63. The van der Waals surface area contributed by atoms with E-state index in [0.29, 0.717) is 6.54 Å². The first-order chi connectivity index (χ1) is 15.4. The van der Waals surface area contributed by atoms with Crippen LogP contribution < -0.4 is 10.1 Å². The lowest BCUT2D eigenvalue weighted by molar-refractivity contribution is 0.0953. The van der Waals surface area contributed by atoms with Gasteiger partial charge in [-0.15, -0.1) is 0 Å². The third kappa shape index (κ3) is 4.57. The molecule has 1 amide bonds. The number of amides is 1. The lowest BCUT2D eigenvalue weighted by atomic mass is 9.70. The van der Waals surface area contributed by atoms with Gasteiger partial charge in [-0.2, -0.15) is 0 Å². The summed E-state index contributed by atoms with van der Waals surface area (Å²) in [6.07, 6.45) is 8.07. The minimum atomic E-state index is -0.326. The molecule has 0 saturated heterocycles. The minimum Gasteiger partial charge on any atom is -0.504 e. The summed E-state index contributed by atoms with van der Waals surface area (Å²) >= 11 is 0. The number of carbonyl (C=O) groups is 1. The monoisotopic (exact) mass is 437 g/mol. The fourth-order valence-corrected chi connectivity index (χ4v) is 5.78. The van der Waals surface area contributed by atoms with Crippen molar-refractivity contribution in [2.24, 2.45) is 17.8 Å². The maximum Gasteiger partial charge on any atom is 0.251 e. The molecule has 32 heavy (non-hydrogen) atoms. The molecule has 5 nitrogen and oxygen atoms in total. The van der Waals surface area contributed by atoms with Crippen LogP contribution in [0.3, 0.4) is 0 Å². The van der Waals surface area contributed by atoms with Gasteiger partial charge in [0.1, 0.15) is 0 Å². The van der Waals surface area contributed by atoms with Gasteiger partial charge in [0.15, 0.2) is 11.5 Å². The number of rotatable bonds is 5. The molecule has 3 N–H and O–H groups in total. The molecule has 2 aromatic carbocycles. The van der Waals surface area contributed by atoms with Crippen LogP contribution in [-0.2, 0) is 25.7 Å². The van der Waals surface area contributed by atoms with Crippen LogP contribution in [0, 0.1) is 17.8 Å². The van der Waals surface area contributed by atoms with Crippen LogP contribution in [-0.4, -0.2) is 29.8 Å². The van der Waals surface area contributed by atoms with Crippen molar-refractivity contribution in [2.75, 3.05) is 13.7 Å². The predicted octanol–water partition coefficient (Wildman–Crippen LogP) is 4.79. The SMILES string of the molecule is COc1c(O)cc(C(=O)NCCc2cc3c4c(c2)CC[C@H](C)C(CC4)C(C)CC3)cc1O. The summed E-state index contributed by atoms with van der Waals surface area (Å²) in [6.45, 7) is 5.37. The maximum atomic E-state index is 12.5. The van der Waals surface area contributed by atoms with Crippen molar-refractivity contribution in [2.45, 2.75) is 58.8 Å². The van der Waals surface area contributed by atoms with Crippen LogP contribution in [0.15, 0.2) is 24.3 Å². The molecule has 0 saturated carbocycles. The molecule has 172 valence electrons. The molecule has 2 aromatic rings. The maximum absolute atomic E-state index is 12.5. The number of fused-ring (bicyclic) bond motifs is 2. The van der Waals surface area contributed by atoms with Crippen LogP contribution in [0.4, 0.5) is 0 Å². The number of aryl methyl sites for hydroxylation is 2. The Labute approximate surface area is 190 Å². The summed E-state index contributed by atoms with van der Waals surface area (Å²) in [5.41, 5.74) is 6.09. The number of nitrogens with one attached hydrogen (secondary N) is 1. The van der Waals surface area contributed by atoms with E-state index in [-0.39, 0.29) is 28.7 Å². The van der Waals surface area contributed by atoms with Crippen LogP contribution in [0.5, 0.6) is 17.2 Å². The second-order valence-corrected chi connectivity index (χ2v) is 9.68. The highest BCUT2D eigenvalue weighted by Gasteiger charge is 2.29. The number of hydrogen-bond acceptors (Lipinski definition) is 4. The van der Waals surface area contributed by atoms with Crippen molar-refractivity contribution in [1.82, 2.24) is 5.32 Å². The number of phenolic OH excluding ortho intramolecular Hbond substituents is 2. The average Bonchev–Trinajstić information content (AvgIpc) is 2.74. The van der Waals surface area contributed by atoms with Gasteiger partial charge in [-0.3, -0.25) is 4.79 Å². The lowest BCUT2D eigenvalue weighted by Crippen LogP contribution is -2.27. The van der Waals surface area contributed by atoms with E-state index in [1.807, 2.05) is 0 Å². The molecule has 2 aliphatic rings. The average molecular weight is 438 g/mol. The molecule has 0 fully saturated rings. The minimum absolute atomic E-state index is 0.0297. The normalized spacial score (nSPS) is 22.4. The van der Waals surface area contributed by atoms with Gasteiger partial charge in [0, 0.05) is 12.1 Å². The largest absolute Gasteiger partial charge is 0.504 e. The molecule has 5 heteroatoms. The number of carbonyl (C=O) groups excluding carboxylic acids is 1. The van der Waals surface area contributed by atoms with Crippen molar-refractivity contribution in [3.8, 4) is 17.2 Å². The standard InChI is InChI=1S/C27H35NO4/c1-16-4-6-19-12-18(13-20-7-5-17(2)22(16)8-9-23(19)20)10-11-28-27(31)21-14-24(29)26(32-3)25(30)15-21/h12-17,22,29-30H,4-11H2,1-3H3,(H,28,31)/t16-,17?,22?/m0/s1. The number of hydrogen-bond donors (Lipinski definition) is 3. The summed E-state index contributed by atoms with van der Waals surface area (Å²) in [6, 6.07) is 7.33. The number of phenols is 2. The van der Waals surface area contributed by atoms with E-state index in [0.717, 1.165) is 37.0 Å². The highest BCUT2D eigenvalue weighted by Crippen LogP contribution is 2.39. The first-order valence-corrected chi connectivity index (χ1v) is 11.9. The number of aromatic hydroxyl groups is 2. The first kappa shape index (κ1) is 22.5. The van der Waals surface area contributed by atoms with E-state index in [4.69, 9.17) is 4.74 Å². The molecule has 0 radical (unpaired) electrons. The summed E-state index contributed by atoms with van der Waals surface area (Å²) in [4.78, 5) is 12.5. The topological polar surface area (TPSA) is 78.8 Å². The molecule has 4 rings (SSSR count). The van der Waals surface area contributed by atoms with E-state index >= 15 is 0 Å². The molecule has 0 heterocycles. The second-order valence-electron chi connectivity index (χ2n) is 9.68. The van der Waals surface area contributed by atoms with Crippen molar-refractivity contribution < 1.29 is 19.7 Å². The van der Waals surface area contributed by atoms with E-state index < -0.39 is 0 Å². The van der Waals surface area contributed by atoms with Gasteiger partial charge >= 0.3 is 0 Å². The molecule has 2 bridgehead atoms. The smallest absolute Gasteiger partial charge is 0.251 e. The van der Waals surface area contributed by atoms with E-state index in [9.17, 15) is 15.0 Å². The van der Waals surface area contributed by atoms with Crippen molar-refractivity contribution in [1.29, 1.82) is 0 Å². The zero-order valence-electron chi connectivity index (χ0n) is 19.4. The van der Waals surface area contributed by atoms with Gasteiger partial charge in [-0.1, -0.05) is 26.0 Å². The van der Waals surface area contributed by atoms with Crippen LogP contribution >= 0.6 is 0 Å². The van der Waals surface area contributed by atoms with E-state index in [1.165, 1.54) is 61.6 Å². The fourth-order valence-electron chi connectivity index (χ4n) is 5.78. The first-order valence-electron chi connectivity index (χ1n) is 11.9. The highest BCUT2D eigenvalue weighted by atomic mass is 16.5. The highest BCUT2D eigenvalue weighted by molar-refractivity contribution is 5.95. The van der Waals surface area contributed by atoms with Crippen molar-refractivity contribution >= 4 is 5.91 Å². The van der Waals surface area contributed by atoms with Crippen LogP contribution in [0.1, 0.15) is 65.7 Å². The fraction of sp³-hybridized carbons (Fsp3) is 0.519. The summed E-state index contributed by atoms with van der Waals surface area (Å²) < 4.78 is 4.93. The summed E-state index contributed by atoms with van der Waals surface area (Å²) in [5.74, 6) is 1.54. The van der Waals surface area contributed by atoms with Gasteiger partial charge in [0.05, 0.1) is 7.11 Å². The lowest BCUT2D eigenvalue weighted by Gasteiger charge is -2.35. The molecule has 0 aromatic heterocycles. The Hall–Kier alpha value is -2.69. The molecular formula is C27H35NO4. The predicted molar refractivity (Wildman–Crippen MR) is 126 cm³/mol. The molecular weight excluding hydrogens is 402 g/mol. The van der Waals surface area contributed by atoms with Gasteiger partial charge in [0.2, 0.25) is 5.75 Å². The molecule has 0 aliphatic heterocycles. The third-order valence-corrected chi connectivity index (χ3v) is 7.64. The van der Waals surface area contributed by atoms with E-state index in [2.05, 4.69) is 31.3 Å². The number of methoxy groups -OCH3 is 1. The van der Waals surface area contributed by atoms with Crippen LogP contribution in [0.2, 0.25) is 0 Å². The summed E-state index contributed by atoms with van der Waals surface area (Å²) in [7, 11) is 1.35. The van der Waals surface area contributed by atoms with Crippen LogP contribution in [0.25, 0.3) is 0 Å². The Morgan fingerprint density at radius 3 is 2.12 bits per heavy atom. The summed E-state index contributed by atoms with van der Waals surface area (Å²) in [5, 5.41) is 22.8. The Balaban J connectivity index is 1.46. The van der Waals surface area contributed by atoms with Gasteiger partial charge in [-0.05, 0) is 97.1 Å². The zero-order valence-corrected chi connectivity index (χ0v) is 19.4. The molecule has 2 aliphatic carbocycles. The Morgan fingerprint density at radius 2 is 1.56 bits per heavy atom. The number of benzene rings is 2. The van der Waals surface area contributed by atoms with E-state index in [1.54, 1.807) is 5.56 Å². The zero-order chi connectivity index (χ0) is 22.8. The quantitative estimate of drug-likeness (QED) is 0.628. The number of ether oxygens (including phenoxy) is 1. The second kappa shape index (κ2) is 9.43. The third-order valence-electron chi connectivity index (χ3n) is 7.64. The van der Waals surface area contributed by atoms with Crippen molar-refractivity contribution in [3.63, 3.8) is 0 Å². The van der Waals surface area contributed by atoms with Crippen molar-refractivity contribution in [3.05, 3.63) is 52.1 Å². The van der Waals surface area contributed by atoms with Gasteiger partial charge < -0.3 is 20.3 Å². The molecule has 0 spiro atoms.